The Morgan fingerprint density at radius 3 is 2.36 bits per heavy atom. The Labute approximate surface area is 202 Å². The molecule has 0 unspecified atom stereocenters. The van der Waals surface area contributed by atoms with Gasteiger partial charge in [0.05, 0.1) is 7.11 Å². The number of rotatable bonds is 10. The Morgan fingerprint density at radius 2 is 1.73 bits per heavy atom. The number of carbonyl (C=O) groups is 2. The fourth-order valence-corrected chi connectivity index (χ4v) is 4.95. The molecule has 5 nitrogen and oxygen atoms in total. The molecule has 3 rings (SSSR count). The van der Waals surface area contributed by atoms with Gasteiger partial charge < -0.3 is 15.0 Å². The van der Waals surface area contributed by atoms with Crippen molar-refractivity contribution in [1.29, 1.82) is 0 Å². The van der Waals surface area contributed by atoms with Crippen LogP contribution in [0.5, 0.6) is 5.75 Å². The molecule has 0 bridgehead atoms. The van der Waals surface area contributed by atoms with Crippen LogP contribution in [0.3, 0.4) is 0 Å². The van der Waals surface area contributed by atoms with Gasteiger partial charge in [-0.15, -0.1) is 11.8 Å². The summed E-state index contributed by atoms with van der Waals surface area (Å²) in [7, 11) is 1.63. The zero-order valence-corrected chi connectivity index (χ0v) is 20.8. The highest BCUT2D eigenvalue weighted by Crippen LogP contribution is 2.22. The van der Waals surface area contributed by atoms with Crippen LogP contribution < -0.4 is 10.1 Å². The SMILES string of the molecule is COc1ccc(CN(C(=O)CCSc2ccc(C)cc2)[C@H](C)C(=O)NC2CCCCC2)cc1. The Hall–Kier alpha value is -2.47. The van der Waals surface area contributed by atoms with Crippen molar-refractivity contribution in [3.05, 3.63) is 59.7 Å². The van der Waals surface area contributed by atoms with E-state index in [1.165, 1.54) is 12.0 Å². The minimum absolute atomic E-state index is 0.00303. The zero-order chi connectivity index (χ0) is 23.6. The van der Waals surface area contributed by atoms with Crippen LogP contribution >= 0.6 is 11.8 Å². The fraction of sp³-hybridized carbons (Fsp3) is 0.481. The summed E-state index contributed by atoms with van der Waals surface area (Å²) in [6.45, 7) is 4.30. The number of amides is 2. The van der Waals surface area contributed by atoms with Crippen LogP contribution in [0.1, 0.15) is 56.6 Å². The molecule has 0 aliphatic heterocycles. The van der Waals surface area contributed by atoms with Crippen molar-refractivity contribution in [2.24, 2.45) is 0 Å². The van der Waals surface area contributed by atoms with Crippen molar-refractivity contribution in [2.45, 2.75) is 75.9 Å². The van der Waals surface area contributed by atoms with Gasteiger partial charge in [0.15, 0.2) is 0 Å². The maximum atomic E-state index is 13.3. The molecule has 1 atom stereocenters. The summed E-state index contributed by atoms with van der Waals surface area (Å²) in [5, 5.41) is 3.19. The summed E-state index contributed by atoms with van der Waals surface area (Å²) >= 11 is 1.67. The summed E-state index contributed by atoms with van der Waals surface area (Å²) in [6, 6.07) is 15.7. The molecule has 1 N–H and O–H groups in total. The Kier molecular flexibility index (Phi) is 9.67. The third-order valence-corrected chi connectivity index (χ3v) is 7.25. The van der Waals surface area contributed by atoms with Gasteiger partial charge in [-0.25, -0.2) is 0 Å². The fourth-order valence-electron chi connectivity index (χ4n) is 4.11. The summed E-state index contributed by atoms with van der Waals surface area (Å²) in [6.07, 6.45) is 5.99. The van der Waals surface area contributed by atoms with E-state index in [9.17, 15) is 9.59 Å². The van der Waals surface area contributed by atoms with E-state index in [4.69, 9.17) is 4.74 Å². The lowest BCUT2D eigenvalue weighted by Gasteiger charge is -2.31. The molecule has 0 heterocycles. The third-order valence-electron chi connectivity index (χ3n) is 6.24. The molecule has 2 aromatic carbocycles. The van der Waals surface area contributed by atoms with Gasteiger partial charge in [0.1, 0.15) is 11.8 Å². The second kappa shape index (κ2) is 12.7. The Balaban J connectivity index is 1.65. The smallest absolute Gasteiger partial charge is 0.242 e. The van der Waals surface area contributed by atoms with Crippen LogP contribution in [0.25, 0.3) is 0 Å². The molecule has 178 valence electrons. The van der Waals surface area contributed by atoms with E-state index in [2.05, 4.69) is 36.5 Å². The molecule has 0 saturated heterocycles. The van der Waals surface area contributed by atoms with E-state index in [0.717, 1.165) is 41.9 Å². The molecular formula is C27H36N2O3S. The first kappa shape index (κ1) is 25.2. The van der Waals surface area contributed by atoms with Gasteiger partial charge in [0.25, 0.3) is 0 Å². The molecule has 33 heavy (non-hydrogen) atoms. The Morgan fingerprint density at radius 1 is 1.06 bits per heavy atom. The normalized spacial score (nSPS) is 15.0. The highest BCUT2D eigenvalue weighted by Gasteiger charge is 2.27. The average Bonchev–Trinajstić information content (AvgIpc) is 2.84. The van der Waals surface area contributed by atoms with Gasteiger partial charge in [-0.2, -0.15) is 0 Å². The molecule has 1 aliphatic rings. The Bertz CT molecular complexity index is 893. The van der Waals surface area contributed by atoms with Crippen molar-refractivity contribution >= 4 is 23.6 Å². The predicted octanol–water partition coefficient (Wildman–Crippen LogP) is 5.35. The summed E-state index contributed by atoms with van der Waals surface area (Å²) in [5.74, 6) is 1.39. The van der Waals surface area contributed by atoms with E-state index < -0.39 is 6.04 Å². The van der Waals surface area contributed by atoms with Gasteiger partial charge in [0.2, 0.25) is 11.8 Å². The quantitative estimate of drug-likeness (QED) is 0.478. The van der Waals surface area contributed by atoms with Crippen LogP contribution in [0.4, 0.5) is 0 Å². The molecule has 2 amide bonds. The molecule has 2 aromatic rings. The summed E-state index contributed by atoms with van der Waals surface area (Å²) in [5.41, 5.74) is 2.20. The van der Waals surface area contributed by atoms with E-state index in [1.54, 1.807) is 23.8 Å². The van der Waals surface area contributed by atoms with Crippen LogP contribution in [0.2, 0.25) is 0 Å². The number of aryl methyl sites for hydroxylation is 1. The topological polar surface area (TPSA) is 58.6 Å². The van der Waals surface area contributed by atoms with E-state index >= 15 is 0 Å². The van der Waals surface area contributed by atoms with Crippen LogP contribution in [0.15, 0.2) is 53.4 Å². The van der Waals surface area contributed by atoms with E-state index in [0.29, 0.717) is 18.7 Å². The number of nitrogens with zero attached hydrogens (tertiary/aromatic N) is 1. The van der Waals surface area contributed by atoms with Crippen molar-refractivity contribution in [2.75, 3.05) is 12.9 Å². The van der Waals surface area contributed by atoms with E-state index in [-0.39, 0.29) is 17.9 Å². The van der Waals surface area contributed by atoms with Crippen LogP contribution in [-0.4, -0.2) is 41.7 Å². The molecule has 1 aliphatic carbocycles. The number of benzene rings is 2. The highest BCUT2D eigenvalue weighted by molar-refractivity contribution is 7.99. The minimum atomic E-state index is -0.522. The largest absolute Gasteiger partial charge is 0.497 e. The number of thioether (sulfide) groups is 1. The number of ether oxygens (including phenoxy) is 1. The van der Waals surface area contributed by atoms with Crippen LogP contribution in [-0.2, 0) is 16.1 Å². The second-order valence-corrected chi connectivity index (χ2v) is 9.97. The maximum absolute atomic E-state index is 13.3. The molecule has 6 heteroatoms. The number of carbonyl (C=O) groups excluding carboxylic acids is 2. The molecular weight excluding hydrogens is 432 g/mol. The first-order chi connectivity index (χ1) is 16.0. The van der Waals surface area contributed by atoms with Gasteiger partial charge in [-0.05, 0) is 56.5 Å². The molecule has 0 radical (unpaired) electrons. The van der Waals surface area contributed by atoms with Crippen molar-refractivity contribution in [3.8, 4) is 5.75 Å². The lowest BCUT2D eigenvalue weighted by molar-refractivity contribution is -0.140. The van der Waals surface area contributed by atoms with Crippen molar-refractivity contribution < 1.29 is 14.3 Å². The van der Waals surface area contributed by atoms with Crippen molar-refractivity contribution in [1.82, 2.24) is 10.2 Å². The van der Waals surface area contributed by atoms with Crippen LogP contribution in [0, 0.1) is 6.92 Å². The van der Waals surface area contributed by atoms with Crippen molar-refractivity contribution in [3.63, 3.8) is 0 Å². The first-order valence-corrected chi connectivity index (χ1v) is 12.9. The lowest BCUT2D eigenvalue weighted by Crippen LogP contribution is -2.50. The highest BCUT2D eigenvalue weighted by atomic mass is 32.2. The number of hydrogen-bond donors (Lipinski definition) is 1. The maximum Gasteiger partial charge on any atom is 0.242 e. The van der Waals surface area contributed by atoms with Gasteiger partial charge in [0, 0.05) is 29.7 Å². The standard InChI is InChI=1S/C27H36N2O3S/c1-20-9-15-25(16-10-20)33-18-17-26(30)29(19-22-11-13-24(32-3)14-12-22)21(2)27(31)28-23-7-5-4-6-8-23/h9-16,21,23H,4-8,17-19H2,1-3H3,(H,28,31)/t21-/m1/s1. The monoisotopic (exact) mass is 468 g/mol. The van der Waals surface area contributed by atoms with E-state index in [1.807, 2.05) is 31.2 Å². The minimum Gasteiger partial charge on any atom is -0.497 e. The van der Waals surface area contributed by atoms with Gasteiger partial charge >= 0.3 is 0 Å². The molecule has 0 spiro atoms. The third kappa shape index (κ3) is 7.81. The zero-order valence-electron chi connectivity index (χ0n) is 20.0. The predicted molar refractivity (Wildman–Crippen MR) is 135 cm³/mol. The average molecular weight is 469 g/mol. The number of nitrogens with one attached hydrogen (secondary N) is 1. The van der Waals surface area contributed by atoms with Gasteiger partial charge in [-0.3, -0.25) is 9.59 Å². The lowest BCUT2D eigenvalue weighted by atomic mass is 9.95. The number of hydrogen-bond acceptors (Lipinski definition) is 4. The molecule has 1 fully saturated rings. The first-order valence-electron chi connectivity index (χ1n) is 11.9. The molecule has 1 saturated carbocycles. The summed E-state index contributed by atoms with van der Waals surface area (Å²) < 4.78 is 5.25. The molecule has 0 aromatic heterocycles. The number of methoxy groups -OCH3 is 1. The van der Waals surface area contributed by atoms with Gasteiger partial charge in [-0.1, -0.05) is 49.1 Å². The summed E-state index contributed by atoms with van der Waals surface area (Å²) in [4.78, 5) is 29.2. The second-order valence-electron chi connectivity index (χ2n) is 8.80.